The molecule has 2 aromatic carbocycles. The number of nitro groups is 1. The van der Waals surface area contributed by atoms with Crippen molar-refractivity contribution in [3.8, 4) is 5.69 Å². The molecule has 0 radical (unpaired) electrons. The molecule has 1 atom stereocenters. The highest BCUT2D eigenvalue weighted by atomic mass is 35.5. The average molecular weight is 433 g/mol. The fourth-order valence-electron chi connectivity index (χ4n) is 2.53. The Morgan fingerprint density at radius 3 is 2.76 bits per heavy atom. The van der Waals surface area contributed by atoms with Crippen LogP contribution >= 0.6 is 23.4 Å². The second-order valence-electron chi connectivity index (χ2n) is 6.26. The van der Waals surface area contributed by atoms with Crippen LogP contribution in [-0.2, 0) is 4.79 Å². The molecule has 1 N–H and O–H groups in total. The molecule has 0 aliphatic heterocycles. The molecule has 0 saturated carbocycles. The predicted octanol–water partition coefficient (Wildman–Crippen LogP) is 3.96. The van der Waals surface area contributed by atoms with Gasteiger partial charge in [-0.05, 0) is 54.5 Å². The van der Waals surface area contributed by atoms with E-state index in [1.165, 1.54) is 30.0 Å². The van der Waals surface area contributed by atoms with E-state index in [9.17, 15) is 14.9 Å². The first-order chi connectivity index (χ1) is 13.8. The molecule has 1 heterocycles. The van der Waals surface area contributed by atoms with Crippen LogP contribution in [0.4, 0.5) is 11.4 Å². The van der Waals surface area contributed by atoms with Gasteiger partial charge in [-0.1, -0.05) is 35.5 Å². The molecule has 3 aromatic rings. The van der Waals surface area contributed by atoms with E-state index in [4.69, 9.17) is 11.6 Å². The Morgan fingerprint density at radius 2 is 2.07 bits per heavy atom. The molecular weight excluding hydrogens is 416 g/mol. The number of aryl methyl sites for hydroxylation is 1. The molecule has 1 unspecified atom stereocenters. The Balaban J connectivity index is 1.75. The Kier molecular flexibility index (Phi) is 6.14. The van der Waals surface area contributed by atoms with Gasteiger partial charge in [-0.25, -0.2) is 0 Å². The lowest BCUT2D eigenvalue weighted by Crippen LogP contribution is -2.23. The molecule has 0 bridgehead atoms. The molecule has 3 rings (SSSR count). The average Bonchev–Trinajstić information content (AvgIpc) is 3.13. The number of nitro benzene ring substituents is 1. The first-order valence-electron chi connectivity index (χ1n) is 8.54. The third-order valence-electron chi connectivity index (χ3n) is 4.32. The smallest absolute Gasteiger partial charge is 0.271 e. The Hall–Kier alpha value is -2.98. The second kappa shape index (κ2) is 8.58. The van der Waals surface area contributed by atoms with Crippen molar-refractivity contribution >= 4 is 40.6 Å². The zero-order valence-corrected chi connectivity index (χ0v) is 17.4. The van der Waals surface area contributed by atoms with Gasteiger partial charge in [-0.3, -0.25) is 14.9 Å². The van der Waals surface area contributed by atoms with E-state index < -0.39 is 10.2 Å². The van der Waals surface area contributed by atoms with Gasteiger partial charge in [0.25, 0.3) is 5.69 Å². The number of thioether (sulfide) groups is 1. The minimum atomic E-state index is -0.553. The lowest BCUT2D eigenvalue weighted by molar-refractivity contribution is -0.384. The van der Waals surface area contributed by atoms with E-state index >= 15 is 0 Å². The first kappa shape index (κ1) is 20.7. The molecule has 0 aliphatic carbocycles. The number of aromatic nitrogens is 4. The SMILES string of the molecule is Cc1cccc(-n2nnnc2SC(C)C(=O)Nc2ccc([N+](=O)[O-])cc2Cl)c1C. The minimum absolute atomic E-state index is 0.0879. The Bertz CT molecular complexity index is 1090. The predicted molar refractivity (Wildman–Crippen MR) is 111 cm³/mol. The van der Waals surface area contributed by atoms with Gasteiger partial charge in [-0.2, -0.15) is 4.68 Å². The van der Waals surface area contributed by atoms with E-state index in [0.717, 1.165) is 16.8 Å². The summed E-state index contributed by atoms with van der Waals surface area (Å²) in [5, 5.41) is 25.3. The maximum Gasteiger partial charge on any atom is 0.271 e. The van der Waals surface area contributed by atoms with Crippen molar-refractivity contribution in [2.45, 2.75) is 31.2 Å². The summed E-state index contributed by atoms with van der Waals surface area (Å²) in [5.74, 6) is -0.332. The summed E-state index contributed by atoms with van der Waals surface area (Å²) in [6, 6.07) is 9.69. The van der Waals surface area contributed by atoms with Gasteiger partial charge in [0.05, 0.1) is 26.6 Å². The minimum Gasteiger partial charge on any atom is -0.324 e. The highest BCUT2D eigenvalue weighted by molar-refractivity contribution is 8.00. The van der Waals surface area contributed by atoms with Gasteiger partial charge in [0.1, 0.15) is 0 Å². The summed E-state index contributed by atoms with van der Waals surface area (Å²) in [4.78, 5) is 22.8. The number of nitrogens with zero attached hydrogens (tertiary/aromatic N) is 5. The van der Waals surface area contributed by atoms with Gasteiger partial charge in [0, 0.05) is 12.1 Å². The number of nitrogens with one attached hydrogen (secondary N) is 1. The van der Waals surface area contributed by atoms with Crippen molar-refractivity contribution < 1.29 is 9.72 Å². The van der Waals surface area contributed by atoms with Crippen LogP contribution in [0.2, 0.25) is 5.02 Å². The Labute approximate surface area is 175 Å². The van der Waals surface area contributed by atoms with Crippen LogP contribution in [0.5, 0.6) is 0 Å². The number of hydrogen-bond donors (Lipinski definition) is 1. The largest absolute Gasteiger partial charge is 0.324 e. The van der Waals surface area contributed by atoms with E-state index in [2.05, 4.69) is 20.8 Å². The molecule has 1 amide bonds. The molecule has 11 heteroatoms. The molecule has 0 saturated heterocycles. The lowest BCUT2D eigenvalue weighted by atomic mass is 10.1. The number of hydrogen-bond acceptors (Lipinski definition) is 7. The van der Waals surface area contributed by atoms with Crippen molar-refractivity contribution in [3.63, 3.8) is 0 Å². The van der Waals surface area contributed by atoms with Crippen molar-refractivity contribution in [1.82, 2.24) is 20.2 Å². The quantitative estimate of drug-likeness (QED) is 0.356. The van der Waals surface area contributed by atoms with Crippen LogP contribution in [0, 0.1) is 24.0 Å². The molecule has 150 valence electrons. The van der Waals surface area contributed by atoms with Crippen LogP contribution in [0.25, 0.3) is 5.69 Å². The summed E-state index contributed by atoms with van der Waals surface area (Å²) < 4.78 is 1.59. The van der Waals surface area contributed by atoms with Crippen LogP contribution in [0.15, 0.2) is 41.6 Å². The van der Waals surface area contributed by atoms with Gasteiger partial charge in [-0.15, -0.1) is 5.10 Å². The summed E-state index contributed by atoms with van der Waals surface area (Å²) in [7, 11) is 0. The summed E-state index contributed by atoms with van der Waals surface area (Å²) in [6.07, 6.45) is 0. The van der Waals surface area contributed by atoms with Gasteiger partial charge in [0.15, 0.2) is 0 Å². The third kappa shape index (κ3) is 4.54. The van der Waals surface area contributed by atoms with Gasteiger partial charge < -0.3 is 5.32 Å². The van der Waals surface area contributed by atoms with E-state index in [0.29, 0.717) is 10.8 Å². The molecule has 0 aliphatic rings. The maximum atomic E-state index is 12.6. The van der Waals surface area contributed by atoms with Crippen LogP contribution in [0.3, 0.4) is 0 Å². The van der Waals surface area contributed by atoms with Crippen LogP contribution in [-0.4, -0.2) is 36.3 Å². The number of anilines is 1. The molecular formula is C18H17ClN6O3S. The third-order valence-corrected chi connectivity index (χ3v) is 5.66. The highest BCUT2D eigenvalue weighted by Gasteiger charge is 2.21. The monoisotopic (exact) mass is 432 g/mol. The summed E-state index contributed by atoms with van der Waals surface area (Å²) in [5.41, 5.74) is 3.12. The number of carbonyl (C=O) groups is 1. The van der Waals surface area contributed by atoms with Crippen molar-refractivity contribution in [2.24, 2.45) is 0 Å². The molecule has 9 nitrogen and oxygen atoms in total. The van der Waals surface area contributed by atoms with Crippen molar-refractivity contribution in [2.75, 3.05) is 5.32 Å². The number of carbonyl (C=O) groups excluding carboxylic acids is 1. The van der Waals surface area contributed by atoms with Crippen LogP contribution < -0.4 is 5.32 Å². The van der Waals surface area contributed by atoms with Gasteiger partial charge >= 0.3 is 0 Å². The van der Waals surface area contributed by atoms with E-state index in [1.807, 2.05) is 32.0 Å². The number of tetrazole rings is 1. The second-order valence-corrected chi connectivity index (χ2v) is 7.98. The number of halogens is 1. The number of rotatable bonds is 6. The molecule has 0 spiro atoms. The fourth-order valence-corrected chi connectivity index (χ4v) is 3.56. The molecule has 0 fully saturated rings. The highest BCUT2D eigenvalue weighted by Crippen LogP contribution is 2.29. The number of amides is 1. The zero-order valence-electron chi connectivity index (χ0n) is 15.8. The Morgan fingerprint density at radius 1 is 1.31 bits per heavy atom. The van der Waals surface area contributed by atoms with Crippen LogP contribution in [0.1, 0.15) is 18.1 Å². The normalized spacial score (nSPS) is 11.9. The lowest BCUT2D eigenvalue weighted by Gasteiger charge is -2.13. The van der Waals surface area contributed by atoms with Crippen molar-refractivity contribution in [3.05, 3.63) is 62.7 Å². The first-order valence-corrected chi connectivity index (χ1v) is 9.80. The topological polar surface area (TPSA) is 116 Å². The number of non-ortho nitro benzene ring substituents is 1. The standard InChI is InChI=1S/C18H17ClN6O3S/c1-10-5-4-6-16(11(10)2)24-18(21-22-23-24)29-12(3)17(26)20-15-8-7-13(25(27)28)9-14(15)19/h4-9,12H,1-3H3,(H,20,26). The summed E-state index contributed by atoms with van der Waals surface area (Å²) >= 11 is 7.23. The summed E-state index contributed by atoms with van der Waals surface area (Å²) in [6.45, 7) is 5.69. The zero-order chi connectivity index (χ0) is 21.1. The molecule has 29 heavy (non-hydrogen) atoms. The maximum absolute atomic E-state index is 12.6. The van der Waals surface area contributed by atoms with Gasteiger partial charge in [0.2, 0.25) is 11.1 Å². The number of benzene rings is 2. The molecule has 1 aromatic heterocycles. The van der Waals surface area contributed by atoms with E-state index in [-0.39, 0.29) is 16.6 Å². The van der Waals surface area contributed by atoms with E-state index in [1.54, 1.807) is 11.6 Å². The fraction of sp³-hybridized carbons (Fsp3) is 0.222. The van der Waals surface area contributed by atoms with Crippen molar-refractivity contribution in [1.29, 1.82) is 0 Å².